The Labute approximate surface area is 127 Å². The van der Waals surface area contributed by atoms with Crippen LogP contribution in [0.4, 0.5) is 5.69 Å². The van der Waals surface area contributed by atoms with E-state index in [1.54, 1.807) is 6.07 Å². The van der Waals surface area contributed by atoms with Crippen molar-refractivity contribution in [2.75, 3.05) is 12.4 Å². The Morgan fingerprint density at radius 2 is 2.05 bits per heavy atom. The lowest BCUT2D eigenvalue weighted by Gasteiger charge is -2.08. The van der Waals surface area contributed by atoms with Crippen LogP contribution in [0, 0.1) is 0 Å². The summed E-state index contributed by atoms with van der Waals surface area (Å²) in [5.74, 6) is -0.443. The number of anilines is 1. The standard InChI is InChI=1S/C13H12ClN3O3S/c1-15-21(19,20)10-4-2-3-9(7-10)17-13(18)11-5-6-16-8-12(11)14/h2-8,15H,1H3,(H,17,18). The van der Waals surface area contributed by atoms with Gasteiger partial charge in [-0.3, -0.25) is 9.78 Å². The van der Waals surface area contributed by atoms with Gasteiger partial charge in [-0.2, -0.15) is 0 Å². The van der Waals surface area contributed by atoms with Crippen LogP contribution in [-0.4, -0.2) is 26.4 Å². The summed E-state index contributed by atoms with van der Waals surface area (Å²) in [6.45, 7) is 0. The van der Waals surface area contributed by atoms with Crippen molar-refractivity contribution in [2.45, 2.75) is 4.90 Å². The largest absolute Gasteiger partial charge is 0.322 e. The van der Waals surface area contributed by atoms with E-state index in [1.807, 2.05) is 0 Å². The Hall–Kier alpha value is -1.96. The monoisotopic (exact) mass is 325 g/mol. The second kappa shape index (κ2) is 6.21. The van der Waals surface area contributed by atoms with Crippen molar-refractivity contribution in [3.05, 3.63) is 53.3 Å². The predicted molar refractivity (Wildman–Crippen MR) is 79.9 cm³/mol. The third-order valence-corrected chi connectivity index (χ3v) is 4.40. The fourth-order valence-corrected chi connectivity index (χ4v) is 2.60. The molecule has 0 saturated heterocycles. The van der Waals surface area contributed by atoms with Gasteiger partial charge < -0.3 is 5.32 Å². The van der Waals surface area contributed by atoms with Gasteiger partial charge in [-0.1, -0.05) is 17.7 Å². The van der Waals surface area contributed by atoms with E-state index in [-0.39, 0.29) is 15.5 Å². The van der Waals surface area contributed by atoms with Crippen LogP contribution in [0.3, 0.4) is 0 Å². The number of hydrogen-bond acceptors (Lipinski definition) is 4. The third kappa shape index (κ3) is 3.57. The topological polar surface area (TPSA) is 88.2 Å². The molecule has 0 atom stereocenters. The molecule has 0 fully saturated rings. The third-order valence-electron chi connectivity index (χ3n) is 2.69. The predicted octanol–water partition coefficient (Wildman–Crippen LogP) is 1.90. The summed E-state index contributed by atoms with van der Waals surface area (Å²) < 4.78 is 25.6. The van der Waals surface area contributed by atoms with Crippen molar-refractivity contribution in [3.63, 3.8) is 0 Å². The van der Waals surface area contributed by atoms with E-state index in [9.17, 15) is 13.2 Å². The van der Waals surface area contributed by atoms with Gasteiger partial charge in [0.25, 0.3) is 5.91 Å². The zero-order valence-corrected chi connectivity index (χ0v) is 12.6. The number of nitrogens with zero attached hydrogens (tertiary/aromatic N) is 1. The Kier molecular flexibility index (Phi) is 4.56. The fourth-order valence-electron chi connectivity index (χ4n) is 1.62. The number of nitrogens with one attached hydrogen (secondary N) is 2. The molecule has 6 nitrogen and oxygen atoms in total. The first-order valence-electron chi connectivity index (χ1n) is 5.88. The molecule has 110 valence electrons. The van der Waals surface area contributed by atoms with Gasteiger partial charge in [-0.25, -0.2) is 13.1 Å². The van der Waals surface area contributed by atoms with Crippen molar-refractivity contribution in [1.29, 1.82) is 0 Å². The summed E-state index contributed by atoms with van der Waals surface area (Å²) in [4.78, 5) is 15.9. The molecular formula is C13H12ClN3O3S. The summed E-state index contributed by atoms with van der Waals surface area (Å²) in [7, 11) is -2.25. The maximum atomic E-state index is 12.1. The molecule has 0 unspecified atom stereocenters. The Bertz CT molecular complexity index is 778. The molecule has 0 spiro atoms. The number of sulfonamides is 1. The highest BCUT2D eigenvalue weighted by Crippen LogP contribution is 2.18. The van der Waals surface area contributed by atoms with Crippen LogP contribution in [0.1, 0.15) is 10.4 Å². The lowest BCUT2D eigenvalue weighted by atomic mass is 10.2. The highest BCUT2D eigenvalue weighted by molar-refractivity contribution is 7.89. The first kappa shape index (κ1) is 15.4. The number of pyridine rings is 1. The molecule has 0 bridgehead atoms. The molecule has 2 rings (SSSR count). The van der Waals surface area contributed by atoms with E-state index >= 15 is 0 Å². The summed E-state index contributed by atoms with van der Waals surface area (Å²) >= 11 is 5.88. The lowest BCUT2D eigenvalue weighted by molar-refractivity contribution is 0.102. The summed E-state index contributed by atoms with van der Waals surface area (Å²) in [5, 5.41) is 2.81. The van der Waals surface area contributed by atoms with Crippen molar-refractivity contribution in [3.8, 4) is 0 Å². The first-order chi connectivity index (χ1) is 9.94. The van der Waals surface area contributed by atoms with Crippen LogP contribution < -0.4 is 10.0 Å². The highest BCUT2D eigenvalue weighted by atomic mass is 35.5. The Balaban J connectivity index is 2.27. The van der Waals surface area contributed by atoms with E-state index in [0.717, 1.165) is 0 Å². The van der Waals surface area contributed by atoms with Gasteiger partial charge in [0, 0.05) is 18.1 Å². The Morgan fingerprint density at radius 3 is 2.71 bits per heavy atom. The number of halogens is 1. The molecule has 2 N–H and O–H groups in total. The van der Waals surface area contributed by atoms with Crippen LogP contribution in [0.5, 0.6) is 0 Å². The summed E-state index contributed by atoms with van der Waals surface area (Å²) in [5.41, 5.74) is 0.609. The minimum atomic E-state index is -3.57. The summed E-state index contributed by atoms with van der Waals surface area (Å²) in [6.07, 6.45) is 2.81. The number of rotatable bonds is 4. The van der Waals surface area contributed by atoms with Crippen LogP contribution in [0.25, 0.3) is 0 Å². The molecule has 0 aliphatic heterocycles. The molecule has 0 saturated carbocycles. The highest BCUT2D eigenvalue weighted by Gasteiger charge is 2.14. The van der Waals surface area contributed by atoms with Crippen molar-refractivity contribution in [2.24, 2.45) is 0 Å². The Morgan fingerprint density at radius 1 is 1.29 bits per heavy atom. The van der Waals surface area contributed by atoms with Gasteiger partial charge in [-0.05, 0) is 31.3 Å². The number of carbonyl (C=O) groups excluding carboxylic acids is 1. The van der Waals surface area contributed by atoms with E-state index in [4.69, 9.17) is 11.6 Å². The van der Waals surface area contributed by atoms with Gasteiger partial charge in [0.2, 0.25) is 10.0 Å². The lowest BCUT2D eigenvalue weighted by Crippen LogP contribution is -2.19. The van der Waals surface area contributed by atoms with E-state index < -0.39 is 15.9 Å². The SMILES string of the molecule is CNS(=O)(=O)c1cccc(NC(=O)c2ccncc2Cl)c1. The average Bonchev–Trinajstić information content (AvgIpc) is 2.48. The van der Waals surface area contributed by atoms with Crippen LogP contribution in [0.15, 0.2) is 47.6 Å². The molecule has 21 heavy (non-hydrogen) atoms. The minimum absolute atomic E-state index is 0.0589. The van der Waals surface area contributed by atoms with Crippen molar-refractivity contribution < 1.29 is 13.2 Å². The van der Waals surface area contributed by atoms with Crippen LogP contribution in [-0.2, 0) is 10.0 Å². The molecule has 1 aromatic carbocycles. The quantitative estimate of drug-likeness (QED) is 0.898. The van der Waals surface area contributed by atoms with Crippen LogP contribution >= 0.6 is 11.6 Å². The number of aromatic nitrogens is 1. The molecule has 0 aliphatic carbocycles. The smallest absolute Gasteiger partial charge is 0.257 e. The molecule has 1 amide bonds. The number of benzene rings is 1. The first-order valence-corrected chi connectivity index (χ1v) is 7.74. The second-order valence-corrected chi connectivity index (χ2v) is 6.34. The van der Waals surface area contributed by atoms with Gasteiger partial charge in [-0.15, -0.1) is 0 Å². The van der Waals surface area contributed by atoms with E-state index in [1.165, 1.54) is 43.7 Å². The van der Waals surface area contributed by atoms with Gasteiger partial charge in [0.15, 0.2) is 0 Å². The maximum absolute atomic E-state index is 12.1. The van der Waals surface area contributed by atoms with Gasteiger partial charge >= 0.3 is 0 Å². The van der Waals surface area contributed by atoms with Crippen molar-refractivity contribution in [1.82, 2.24) is 9.71 Å². The molecule has 1 heterocycles. The molecule has 2 aromatic rings. The normalized spacial score (nSPS) is 11.1. The zero-order chi connectivity index (χ0) is 15.5. The molecule has 0 aliphatic rings. The van der Waals surface area contributed by atoms with Gasteiger partial charge in [0.05, 0.1) is 15.5 Å². The number of carbonyl (C=O) groups is 1. The molecule has 1 aromatic heterocycles. The maximum Gasteiger partial charge on any atom is 0.257 e. The van der Waals surface area contributed by atoms with Crippen LogP contribution in [0.2, 0.25) is 5.02 Å². The molecule has 8 heteroatoms. The molecule has 0 radical (unpaired) electrons. The fraction of sp³-hybridized carbons (Fsp3) is 0.0769. The second-order valence-electron chi connectivity index (χ2n) is 4.05. The average molecular weight is 326 g/mol. The summed E-state index contributed by atoms with van der Waals surface area (Å²) in [6, 6.07) is 7.39. The van der Waals surface area contributed by atoms with Crippen molar-refractivity contribution >= 4 is 33.2 Å². The molecular weight excluding hydrogens is 314 g/mol. The zero-order valence-electron chi connectivity index (χ0n) is 11.0. The van der Waals surface area contributed by atoms with E-state index in [0.29, 0.717) is 5.69 Å². The van der Waals surface area contributed by atoms with E-state index in [2.05, 4.69) is 15.0 Å². The van der Waals surface area contributed by atoms with Gasteiger partial charge in [0.1, 0.15) is 0 Å². The number of hydrogen-bond donors (Lipinski definition) is 2. The number of amides is 1. The minimum Gasteiger partial charge on any atom is -0.322 e.